The summed E-state index contributed by atoms with van der Waals surface area (Å²) < 4.78 is 0. The molecule has 0 nitrogen and oxygen atoms in total. The Morgan fingerprint density at radius 3 is 2.06 bits per heavy atom. The normalized spacial score (nSPS) is 16.8. The molecule has 2 aliphatic rings. The minimum absolute atomic E-state index is 0.276. The summed E-state index contributed by atoms with van der Waals surface area (Å²) in [4.78, 5) is 2.99. The fraction of sp³-hybridized carbons (Fsp3) is 0.103. The molecule has 0 saturated heterocycles. The average molecular weight is 433 g/mol. The summed E-state index contributed by atoms with van der Waals surface area (Å²) in [7, 11) is 0. The Kier molecular flexibility index (Phi) is 4.00. The number of thioether (sulfide) groups is 2. The Morgan fingerprint density at radius 2 is 1.23 bits per heavy atom. The Labute approximate surface area is 190 Å². The molecule has 0 spiro atoms. The molecule has 0 radical (unpaired) electrons. The Morgan fingerprint density at radius 1 is 0.548 bits per heavy atom. The van der Waals surface area contributed by atoms with Crippen LogP contribution in [-0.4, -0.2) is 11.5 Å². The van der Waals surface area contributed by atoms with Crippen molar-refractivity contribution in [1.29, 1.82) is 0 Å². The van der Waals surface area contributed by atoms with E-state index in [2.05, 4.69) is 103 Å². The van der Waals surface area contributed by atoms with Crippen LogP contribution in [0, 0.1) is 0 Å². The molecule has 0 bridgehead atoms. The van der Waals surface area contributed by atoms with Crippen molar-refractivity contribution in [3.05, 3.63) is 108 Å². The third-order valence-corrected chi connectivity index (χ3v) is 9.30. The van der Waals surface area contributed by atoms with Crippen molar-refractivity contribution in [3.8, 4) is 11.1 Å². The molecule has 1 aliphatic heterocycles. The van der Waals surface area contributed by atoms with Crippen molar-refractivity contribution < 1.29 is 0 Å². The van der Waals surface area contributed by atoms with Gasteiger partial charge in [-0.3, -0.25) is 0 Å². The van der Waals surface area contributed by atoms with Gasteiger partial charge in [-0.1, -0.05) is 91.0 Å². The topological polar surface area (TPSA) is 0 Å². The van der Waals surface area contributed by atoms with E-state index in [1.54, 1.807) is 0 Å². The van der Waals surface area contributed by atoms with E-state index in [-0.39, 0.29) is 5.92 Å². The lowest BCUT2D eigenvalue weighted by Gasteiger charge is -2.23. The largest absolute Gasteiger partial charge is 0.123 e. The zero-order valence-corrected chi connectivity index (χ0v) is 18.6. The van der Waals surface area contributed by atoms with E-state index in [0.29, 0.717) is 0 Å². The summed E-state index contributed by atoms with van der Waals surface area (Å²) >= 11 is 4.10. The molecule has 7 rings (SSSR count). The van der Waals surface area contributed by atoms with Crippen LogP contribution in [0.3, 0.4) is 0 Å². The monoisotopic (exact) mass is 432 g/mol. The maximum Gasteiger partial charge on any atom is 0.0359 e. The molecule has 0 aromatic heterocycles. The van der Waals surface area contributed by atoms with Crippen molar-refractivity contribution in [2.75, 3.05) is 11.5 Å². The van der Waals surface area contributed by atoms with Crippen LogP contribution in [0.1, 0.15) is 22.6 Å². The van der Waals surface area contributed by atoms with Gasteiger partial charge in [-0.25, -0.2) is 0 Å². The highest BCUT2D eigenvalue weighted by molar-refractivity contribution is 8.05. The van der Waals surface area contributed by atoms with Gasteiger partial charge in [-0.15, -0.1) is 23.5 Å². The second-order valence-electron chi connectivity index (χ2n) is 8.28. The number of hydrogen-bond acceptors (Lipinski definition) is 2. The minimum Gasteiger partial charge on any atom is -0.123 e. The van der Waals surface area contributed by atoms with Crippen LogP contribution in [0.5, 0.6) is 0 Å². The molecule has 0 saturated carbocycles. The summed E-state index contributed by atoms with van der Waals surface area (Å²) in [5, 5.41) is 5.55. The van der Waals surface area contributed by atoms with Gasteiger partial charge in [0.25, 0.3) is 0 Å². The Balaban J connectivity index is 1.71. The highest BCUT2D eigenvalue weighted by atomic mass is 32.2. The lowest BCUT2D eigenvalue weighted by Crippen LogP contribution is -2.02. The molecule has 1 atom stereocenters. The zero-order chi connectivity index (χ0) is 20.4. The Bertz CT molecular complexity index is 1480. The van der Waals surface area contributed by atoms with Crippen molar-refractivity contribution in [2.24, 2.45) is 0 Å². The smallest absolute Gasteiger partial charge is 0.0359 e. The predicted octanol–water partition coefficient (Wildman–Crippen LogP) is 8.35. The van der Waals surface area contributed by atoms with Crippen LogP contribution in [0.2, 0.25) is 0 Å². The lowest BCUT2D eigenvalue weighted by atomic mass is 9.86. The molecule has 1 heterocycles. The average Bonchev–Trinajstić information content (AvgIpc) is 3.21. The van der Waals surface area contributed by atoms with Crippen LogP contribution >= 0.6 is 23.5 Å². The van der Waals surface area contributed by atoms with Crippen LogP contribution in [0.4, 0.5) is 0 Å². The van der Waals surface area contributed by atoms with E-state index < -0.39 is 0 Å². The van der Waals surface area contributed by atoms with E-state index in [4.69, 9.17) is 0 Å². The van der Waals surface area contributed by atoms with Gasteiger partial charge in [0, 0.05) is 32.8 Å². The molecule has 0 unspecified atom stereocenters. The van der Waals surface area contributed by atoms with Gasteiger partial charge in [-0.05, 0) is 43.8 Å². The quantitative estimate of drug-likeness (QED) is 0.256. The lowest BCUT2D eigenvalue weighted by molar-refractivity contribution is 1.02. The fourth-order valence-electron chi connectivity index (χ4n) is 5.48. The Hall–Kier alpha value is -2.68. The van der Waals surface area contributed by atoms with Gasteiger partial charge in [-0.2, -0.15) is 0 Å². The second kappa shape index (κ2) is 6.91. The van der Waals surface area contributed by atoms with Crippen molar-refractivity contribution in [2.45, 2.75) is 15.7 Å². The first-order chi connectivity index (χ1) is 15.4. The van der Waals surface area contributed by atoms with Gasteiger partial charge in [0.05, 0.1) is 0 Å². The van der Waals surface area contributed by atoms with E-state index in [1.165, 1.54) is 70.7 Å². The first kappa shape index (κ1) is 17.9. The predicted molar refractivity (Wildman–Crippen MR) is 136 cm³/mol. The van der Waals surface area contributed by atoms with Crippen LogP contribution in [0.15, 0.2) is 101 Å². The summed E-state index contributed by atoms with van der Waals surface area (Å²) in [6.45, 7) is 0. The number of benzene rings is 5. The third-order valence-electron chi connectivity index (χ3n) is 6.68. The maximum atomic E-state index is 2.39. The van der Waals surface area contributed by atoms with E-state index in [0.717, 1.165) is 0 Å². The third kappa shape index (κ3) is 2.52. The minimum atomic E-state index is 0.276. The molecule has 0 amide bonds. The van der Waals surface area contributed by atoms with Crippen molar-refractivity contribution >= 4 is 45.1 Å². The van der Waals surface area contributed by atoms with Crippen molar-refractivity contribution in [1.82, 2.24) is 0 Å². The van der Waals surface area contributed by atoms with E-state index >= 15 is 0 Å². The summed E-state index contributed by atoms with van der Waals surface area (Å²) in [5.41, 5.74) is 7.29. The summed E-state index contributed by atoms with van der Waals surface area (Å²) in [6, 6.07) is 33.8. The van der Waals surface area contributed by atoms with Gasteiger partial charge in [0.15, 0.2) is 0 Å². The van der Waals surface area contributed by atoms with E-state index in [9.17, 15) is 0 Å². The zero-order valence-electron chi connectivity index (χ0n) is 17.0. The van der Waals surface area contributed by atoms with Gasteiger partial charge in [0.1, 0.15) is 0 Å². The molecule has 0 N–H and O–H groups in total. The van der Waals surface area contributed by atoms with Crippen LogP contribution < -0.4 is 0 Å². The molecule has 2 heteroatoms. The molecule has 31 heavy (non-hydrogen) atoms. The van der Waals surface area contributed by atoms with Gasteiger partial charge < -0.3 is 0 Å². The first-order valence-electron chi connectivity index (χ1n) is 10.8. The highest BCUT2D eigenvalue weighted by Crippen LogP contribution is 2.59. The van der Waals surface area contributed by atoms with Gasteiger partial charge in [0.2, 0.25) is 0 Å². The first-order valence-corrected chi connectivity index (χ1v) is 12.8. The molecule has 5 aromatic carbocycles. The number of rotatable bonds is 1. The fourth-order valence-corrected chi connectivity index (χ4v) is 8.07. The highest BCUT2D eigenvalue weighted by Gasteiger charge is 2.37. The van der Waals surface area contributed by atoms with Crippen molar-refractivity contribution in [3.63, 3.8) is 0 Å². The standard InChI is InChI=1S/C29H20S2/c1-2-9-19(10-3-1)24-23-15-14-18-8-4-5-11-20(18)25(23)27-26(24)21-12-6-7-13-22(21)28-29(27)31-17-16-30-28/h1-15,24H,16-17H2/t24-/m0/s1. The molecular formula is C29H20S2. The SMILES string of the molecule is c1ccc([C@H]2c3ccc4ccccc4c3-c3c4c(c5ccccc5c32)SCCS4)cc1. The molecular weight excluding hydrogens is 412 g/mol. The second-order valence-corrected chi connectivity index (χ2v) is 10.5. The molecule has 1 aliphatic carbocycles. The summed E-state index contributed by atoms with van der Waals surface area (Å²) in [6.07, 6.45) is 0. The number of fused-ring (bicyclic) bond motifs is 10. The van der Waals surface area contributed by atoms with Crippen LogP contribution in [0.25, 0.3) is 32.7 Å². The molecule has 5 aromatic rings. The summed E-state index contributed by atoms with van der Waals surface area (Å²) in [5.74, 6) is 2.64. The van der Waals surface area contributed by atoms with Gasteiger partial charge >= 0.3 is 0 Å². The van der Waals surface area contributed by atoms with Crippen LogP contribution in [-0.2, 0) is 0 Å². The molecule has 148 valence electrons. The maximum absolute atomic E-state index is 2.39. The number of hydrogen-bond donors (Lipinski definition) is 0. The molecule has 0 fully saturated rings. The van der Waals surface area contributed by atoms with E-state index in [1.807, 2.05) is 11.8 Å².